The van der Waals surface area contributed by atoms with Gasteiger partial charge in [0.2, 0.25) is 0 Å². The van der Waals surface area contributed by atoms with Crippen LogP contribution in [-0.4, -0.2) is 18.3 Å². The first-order valence-electron chi connectivity index (χ1n) is 5.44. The number of thiophene rings is 1. The molecule has 96 valence electrons. The first-order chi connectivity index (χ1) is 8.15. The van der Waals surface area contributed by atoms with Crippen molar-refractivity contribution in [3.63, 3.8) is 0 Å². The van der Waals surface area contributed by atoms with Gasteiger partial charge >= 0.3 is 0 Å². The van der Waals surface area contributed by atoms with Gasteiger partial charge in [-0.25, -0.2) is 0 Å². The van der Waals surface area contributed by atoms with E-state index in [4.69, 9.17) is 11.6 Å². The number of alkyl halides is 1. The molecule has 6 heteroatoms. The Bertz CT molecular complexity index is 370. The highest BCUT2D eigenvalue weighted by molar-refractivity contribution is 9.12. The molecule has 0 aliphatic rings. The molecule has 0 aliphatic heterocycles. The average molecular weight is 404 g/mol. The van der Waals surface area contributed by atoms with E-state index in [9.17, 15) is 4.79 Å². The van der Waals surface area contributed by atoms with Crippen LogP contribution in [-0.2, 0) is 0 Å². The summed E-state index contributed by atoms with van der Waals surface area (Å²) in [5, 5.41) is 2.91. The van der Waals surface area contributed by atoms with Crippen LogP contribution >= 0.6 is 54.8 Å². The van der Waals surface area contributed by atoms with Crippen LogP contribution in [0.15, 0.2) is 13.6 Å². The summed E-state index contributed by atoms with van der Waals surface area (Å²) in [5.41, 5.74) is 0.697. The Labute approximate surface area is 127 Å². The second-order valence-electron chi connectivity index (χ2n) is 3.60. The fourth-order valence-corrected chi connectivity index (χ4v) is 4.35. The van der Waals surface area contributed by atoms with Crippen molar-refractivity contribution in [1.82, 2.24) is 5.32 Å². The lowest BCUT2D eigenvalue weighted by Crippen LogP contribution is -2.24. The van der Waals surface area contributed by atoms with Crippen molar-refractivity contribution in [3.05, 3.63) is 19.2 Å². The van der Waals surface area contributed by atoms with E-state index in [0.717, 1.165) is 45.7 Å². The molecular formula is C11H14Br2ClNOS. The smallest absolute Gasteiger partial charge is 0.253 e. The van der Waals surface area contributed by atoms with Gasteiger partial charge in [-0.15, -0.1) is 22.9 Å². The summed E-state index contributed by atoms with van der Waals surface area (Å²) in [6.07, 6.45) is 4.30. The molecule has 1 heterocycles. The molecule has 0 atom stereocenters. The molecule has 0 spiro atoms. The second kappa shape index (κ2) is 8.51. The largest absolute Gasteiger partial charge is 0.352 e. The van der Waals surface area contributed by atoms with Gasteiger partial charge in [0.1, 0.15) is 0 Å². The van der Waals surface area contributed by atoms with Crippen LogP contribution in [0.3, 0.4) is 0 Å². The number of amides is 1. The van der Waals surface area contributed by atoms with Gasteiger partial charge in [0.15, 0.2) is 0 Å². The van der Waals surface area contributed by atoms with Crippen molar-refractivity contribution in [2.45, 2.75) is 25.7 Å². The molecule has 1 N–H and O–H groups in total. The fraction of sp³-hybridized carbons (Fsp3) is 0.545. The molecule has 2 nitrogen and oxygen atoms in total. The topological polar surface area (TPSA) is 29.1 Å². The molecule has 1 rings (SSSR count). The molecular weight excluding hydrogens is 389 g/mol. The third-order valence-corrected chi connectivity index (χ3v) is 4.85. The van der Waals surface area contributed by atoms with E-state index in [1.807, 2.05) is 6.07 Å². The van der Waals surface area contributed by atoms with Crippen LogP contribution < -0.4 is 5.32 Å². The van der Waals surface area contributed by atoms with Crippen LogP contribution in [0.25, 0.3) is 0 Å². The SMILES string of the molecule is O=C(NCCCCCCCl)c1cc(Br)sc1Br. The molecule has 1 aromatic heterocycles. The van der Waals surface area contributed by atoms with E-state index in [0.29, 0.717) is 5.56 Å². The van der Waals surface area contributed by atoms with Crippen LogP contribution in [0.2, 0.25) is 0 Å². The first-order valence-corrected chi connectivity index (χ1v) is 8.38. The standard InChI is InChI=1S/C11H14Br2ClNOS/c12-9-7-8(10(13)17-9)11(16)15-6-4-2-1-3-5-14/h7H,1-6H2,(H,15,16). The number of halogens is 3. The third kappa shape index (κ3) is 5.73. The highest BCUT2D eigenvalue weighted by Crippen LogP contribution is 2.31. The quantitative estimate of drug-likeness (QED) is 0.514. The van der Waals surface area contributed by atoms with Crippen molar-refractivity contribution >= 4 is 60.7 Å². The van der Waals surface area contributed by atoms with Gasteiger partial charge in [-0.2, -0.15) is 0 Å². The predicted molar refractivity (Wildman–Crippen MR) is 81.2 cm³/mol. The summed E-state index contributed by atoms with van der Waals surface area (Å²) < 4.78 is 1.82. The van der Waals surface area contributed by atoms with Gasteiger partial charge in [-0.1, -0.05) is 12.8 Å². The number of nitrogens with one attached hydrogen (secondary N) is 1. The summed E-state index contributed by atoms with van der Waals surface area (Å²) in [5.74, 6) is 0.707. The summed E-state index contributed by atoms with van der Waals surface area (Å²) in [6, 6.07) is 1.83. The lowest BCUT2D eigenvalue weighted by Gasteiger charge is -2.03. The maximum absolute atomic E-state index is 11.8. The van der Waals surface area contributed by atoms with Gasteiger partial charge in [0.05, 0.1) is 13.1 Å². The second-order valence-corrected chi connectivity index (χ2v) is 7.72. The summed E-state index contributed by atoms with van der Waals surface area (Å²) in [4.78, 5) is 11.8. The Balaban J connectivity index is 2.23. The van der Waals surface area contributed by atoms with Gasteiger partial charge in [0.25, 0.3) is 5.91 Å². The highest BCUT2D eigenvalue weighted by atomic mass is 79.9. The average Bonchev–Trinajstić information content (AvgIpc) is 2.62. The number of hydrogen-bond donors (Lipinski definition) is 1. The zero-order chi connectivity index (χ0) is 12.7. The zero-order valence-electron chi connectivity index (χ0n) is 9.27. The normalized spacial score (nSPS) is 10.5. The monoisotopic (exact) mass is 401 g/mol. The number of carbonyl (C=O) groups is 1. The van der Waals surface area contributed by atoms with Crippen LogP contribution in [0.1, 0.15) is 36.0 Å². The number of hydrogen-bond acceptors (Lipinski definition) is 2. The minimum absolute atomic E-state index is 0.0174. The molecule has 0 fully saturated rings. The van der Waals surface area contributed by atoms with Crippen LogP contribution in [0, 0.1) is 0 Å². The van der Waals surface area contributed by atoms with E-state index in [-0.39, 0.29) is 5.91 Å². The summed E-state index contributed by atoms with van der Waals surface area (Å²) in [6.45, 7) is 0.723. The molecule has 1 amide bonds. The molecule has 0 bridgehead atoms. The van der Waals surface area contributed by atoms with E-state index < -0.39 is 0 Å². The maximum Gasteiger partial charge on any atom is 0.253 e. The minimum atomic E-state index is -0.0174. The Morgan fingerprint density at radius 1 is 1.29 bits per heavy atom. The first kappa shape index (κ1) is 15.5. The summed E-state index contributed by atoms with van der Waals surface area (Å²) >= 11 is 13.8. The Kier molecular flexibility index (Phi) is 7.75. The van der Waals surface area contributed by atoms with E-state index in [1.165, 1.54) is 11.3 Å². The highest BCUT2D eigenvalue weighted by Gasteiger charge is 2.12. The number of unbranched alkanes of at least 4 members (excludes halogenated alkanes) is 3. The Morgan fingerprint density at radius 3 is 2.59 bits per heavy atom. The summed E-state index contributed by atoms with van der Waals surface area (Å²) in [7, 11) is 0. The van der Waals surface area contributed by atoms with E-state index in [1.54, 1.807) is 0 Å². The fourth-order valence-electron chi connectivity index (χ4n) is 1.37. The molecule has 1 aromatic rings. The van der Waals surface area contributed by atoms with Crippen molar-refractivity contribution in [1.29, 1.82) is 0 Å². The minimum Gasteiger partial charge on any atom is -0.352 e. The van der Waals surface area contributed by atoms with Crippen molar-refractivity contribution in [2.75, 3.05) is 12.4 Å². The lowest BCUT2D eigenvalue weighted by molar-refractivity contribution is 0.0952. The Hall–Kier alpha value is 0.420. The van der Waals surface area contributed by atoms with E-state index >= 15 is 0 Å². The van der Waals surface area contributed by atoms with Gasteiger partial charge in [-0.3, -0.25) is 4.79 Å². The Morgan fingerprint density at radius 2 is 2.00 bits per heavy atom. The third-order valence-electron chi connectivity index (χ3n) is 2.25. The van der Waals surface area contributed by atoms with Crippen LogP contribution in [0.5, 0.6) is 0 Å². The van der Waals surface area contributed by atoms with E-state index in [2.05, 4.69) is 37.2 Å². The predicted octanol–water partition coefficient (Wildman–Crippen LogP) is 4.80. The number of rotatable bonds is 7. The van der Waals surface area contributed by atoms with Crippen molar-refractivity contribution < 1.29 is 4.79 Å². The van der Waals surface area contributed by atoms with Crippen molar-refractivity contribution in [3.8, 4) is 0 Å². The molecule has 0 aliphatic carbocycles. The van der Waals surface area contributed by atoms with Crippen LogP contribution in [0.4, 0.5) is 0 Å². The molecule has 0 saturated carbocycles. The molecule has 0 aromatic carbocycles. The molecule has 0 unspecified atom stereocenters. The van der Waals surface area contributed by atoms with Gasteiger partial charge < -0.3 is 5.32 Å². The molecule has 17 heavy (non-hydrogen) atoms. The number of carbonyl (C=O) groups excluding carboxylic acids is 1. The van der Waals surface area contributed by atoms with Gasteiger partial charge in [0, 0.05) is 12.4 Å². The van der Waals surface area contributed by atoms with Crippen molar-refractivity contribution in [2.24, 2.45) is 0 Å². The zero-order valence-corrected chi connectivity index (χ0v) is 14.0. The van der Waals surface area contributed by atoms with Gasteiger partial charge in [-0.05, 0) is 50.8 Å². The maximum atomic E-state index is 11.8. The molecule has 0 radical (unpaired) electrons. The molecule has 0 saturated heterocycles. The lowest BCUT2D eigenvalue weighted by atomic mass is 10.2.